The second-order valence-electron chi connectivity index (χ2n) is 10.6. The Kier molecular flexibility index (Phi) is 11.2. The molecule has 0 radical (unpaired) electrons. The summed E-state index contributed by atoms with van der Waals surface area (Å²) in [5.74, 6) is 0.237. The van der Waals surface area contributed by atoms with Crippen LogP contribution in [0.15, 0.2) is 22.7 Å². The van der Waals surface area contributed by atoms with Crippen molar-refractivity contribution in [3.05, 3.63) is 46.3 Å². The number of anilines is 1. The summed E-state index contributed by atoms with van der Waals surface area (Å²) in [6.45, 7) is 11.6. The fourth-order valence-electron chi connectivity index (χ4n) is 4.95. The SMILES string of the molecule is CCOc1cc2c(c(F)c1OCC)C(=NCl)N(CC(=O)c1cc(N(CCO)CCOC)c(OC)c(C(C)(C)C)c1)C2. The number of rotatable bonds is 14. The van der Waals surface area contributed by atoms with Crippen molar-refractivity contribution < 1.29 is 33.2 Å². The summed E-state index contributed by atoms with van der Waals surface area (Å²) in [7, 11) is 3.20. The maximum Gasteiger partial charge on any atom is 0.197 e. The van der Waals surface area contributed by atoms with E-state index in [2.05, 4.69) is 4.51 Å². The number of benzene rings is 2. The summed E-state index contributed by atoms with van der Waals surface area (Å²) in [6.07, 6.45) is 0. The molecule has 1 heterocycles. The molecule has 41 heavy (non-hydrogen) atoms. The van der Waals surface area contributed by atoms with E-state index in [1.165, 1.54) is 0 Å². The molecule has 0 amide bonds. The third-order valence-electron chi connectivity index (χ3n) is 6.84. The Morgan fingerprint density at radius 1 is 1.12 bits per heavy atom. The Morgan fingerprint density at radius 3 is 2.39 bits per heavy atom. The minimum absolute atomic E-state index is 0.00579. The van der Waals surface area contributed by atoms with Gasteiger partial charge >= 0.3 is 0 Å². The maximum atomic E-state index is 15.7. The van der Waals surface area contributed by atoms with Crippen LogP contribution in [0.1, 0.15) is 61.7 Å². The van der Waals surface area contributed by atoms with Crippen LogP contribution in [-0.2, 0) is 16.7 Å². The fourth-order valence-corrected chi connectivity index (χ4v) is 5.14. The predicted molar refractivity (Wildman–Crippen MR) is 159 cm³/mol. The van der Waals surface area contributed by atoms with Crippen LogP contribution in [0.2, 0.25) is 0 Å². The molecule has 2 aromatic carbocycles. The summed E-state index contributed by atoms with van der Waals surface area (Å²) in [6, 6.07) is 5.31. The predicted octanol–water partition coefficient (Wildman–Crippen LogP) is 4.97. The first-order valence-electron chi connectivity index (χ1n) is 13.7. The lowest BCUT2D eigenvalue weighted by Gasteiger charge is -2.31. The number of fused-ring (bicyclic) bond motifs is 1. The molecule has 0 saturated carbocycles. The van der Waals surface area contributed by atoms with E-state index in [-0.39, 0.29) is 54.7 Å². The maximum absolute atomic E-state index is 15.7. The number of carbonyl (C=O) groups is 1. The Balaban J connectivity index is 2.05. The molecule has 0 saturated heterocycles. The lowest BCUT2D eigenvalue weighted by atomic mass is 9.84. The van der Waals surface area contributed by atoms with Gasteiger partial charge in [-0.15, -0.1) is 0 Å². The number of halogens is 2. The van der Waals surface area contributed by atoms with Crippen LogP contribution in [0.4, 0.5) is 10.1 Å². The Morgan fingerprint density at radius 2 is 1.83 bits per heavy atom. The number of carbonyl (C=O) groups excluding carboxylic acids is 1. The van der Waals surface area contributed by atoms with Crippen molar-refractivity contribution >= 4 is 29.1 Å². The number of methoxy groups -OCH3 is 2. The second-order valence-corrected chi connectivity index (χ2v) is 10.8. The number of aliphatic hydroxyl groups excluding tert-OH is 1. The number of aliphatic hydroxyl groups is 1. The zero-order valence-corrected chi connectivity index (χ0v) is 25.7. The average Bonchev–Trinajstić information content (AvgIpc) is 3.28. The molecular weight excluding hydrogens is 553 g/mol. The van der Waals surface area contributed by atoms with Gasteiger partial charge in [-0.3, -0.25) is 4.79 Å². The van der Waals surface area contributed by atoms with Crippen LogP contribution in [-0.4, -0.2) is 81.9 Å². The van der Waals surface area contributed by atoms with Crippen molar-refractivity contribution in [3.63, 3.8) is 0 Å². The van der Waals surface area contributed by atoms with Gasteiger partial charge in [-0.25, -0.2) is 4.39 Å². The highest BCUT2D eigenvalue weighted by Gasteiger charge is 2.35. The molecule has 3 rings (SSSR count). The van der Waals surface area contributed by atoms with E-state index in [1.807, 2.05) is 38.7 Å². The number of Topliss-reactive ketones (excluding diaryl/α,β-unsaturated/α-hetero) is 1. The molecular formula is C30H41ClFN3O6. The van der Waals surface area contributed by atoms with Gasteiger partial charge in [-0.2, -0.15) is 4.51 Å². The molecule has 0 aliphatic carbocycles. The molecule has 0 fully saturated rings. The van der Waals surface area contributed by atoms with Crippen molar-refractivity contribution in [2.45, 2.75) is 46.6 Å². The van der Waals surface area contributed by atoms with E-state index in [0.29, 0.717) is 54.6 Å². The molecule has 0 bridgehead atoms. The van der Waals surface area contributed by atoms with E-state index >= 15 is 4.39 Å². The summed E-state index contributed by atoms with van der Waals surface area (Å²) in [4.78, 5) is 17.4. The molecule has 1 aliphatic rings. The third kappa shape index (κ3) is 7.05. The highest BCUT2D eigenvalue weighted by atomic mass is 35.5. The van der Waals surface area contributed by atoms with Crippen molar-refractivity contribution in [2.24, 2.45) is 4.51 Å². The van der Waals surface area contributed by atoms with Gasteiger partial charge in [0.25, 0.3) is 0 Å². The van der Waals surface area contributed by atoms with Crippen molar-refractivity contribution in [2.75, 3.05) is 65.2 Å². The van der Waals surface area contributed by atoms with E-state index < -0.39 is 5.82 Å². The number of ether oxygens (including phenoxy) is 4. The highest BCUT2D eigenvalue weighted by molar-refractivity contribution is 6.23. The molecule has 0 atom stereocenters. The molecule has 11 heteroatoms. The van der Waals surface area contributed by atoms with Gasteiger partial charge in [0.1, 0.15) is 5.75 Å². The second kappa shape index (κ2) is 14.2. The quantitative estimate of drug-likeness (QED) is 0.307. The third-order valence-corrected chi connectivity index (χ3v) is 7.00. The smallest absolute Gasteiger partial charge is 0.197 e. The summed E-state index contributed by atoms with van der Waals surface area (Å²) < 4.78 is 41.8. The molecule has 1 aliphatic heterocycles. The lowest BCUT2D eigenvalue weighted by Crippen LogP contribution is -2.33. The van der Waals surface area contributed by atoms with Gasteiger partial charge < -0.3 is 33.9 Å². The largest absolute Gasteiger partial charge is 0.494 e. The van der Waals surface area contributed by atoms with Crippen molar-refractivity contribution in [1.29, 1.82) is 0 Å². The van der Waals surface area contributed by atoms with E-state index in [4.69, 9.17) is 30.7 Å². The van der Waals surface area contributed by atoms with Crippen LogP contribution >= 0.6 is 11.8 Å². The van der Waals surface area contributed by atoms with E-state index in [1.54, 1.807) is 38.2 Å². The normalized spacial score (nSPS) is 13.9. The zero-order chi connectivity index (χ0) is 30.3. The summed E-state index contributed by atoms with van der Waals surface area (Å²) in [5.41, 5.74) is 2.40. The van der Waals surface area contributed by atoms with E-state index in [0.717, 1.165) is 5.56 Å². The molecule has 226 valence electrons. The molecule has 1 N–H and O–H groups in total. The molecule has 0 unspecified atom stereocenters. The molecule has 2 aromatic rings. The topological polar surface area (TPSA) is 93.1 Å². The zero-order valence-electron chi connectivity index (χ0n) is 25.0. The molecule has 0 spiro atoms. The van der Waals surface area contributed by atoms with Gasteiger partial charge in [0.05, 0.1) is 51.3 Å². The number of hydrogen-bond donors (Lipinski definition) is 1. The number of ketones is 1. The minimum atomic E-state index is -0.623. The first-order chi connectivity index (χ1) is 19.6. The van der Waals surface area contributed by atoms with Crippen LogP contribution in [0.3, 0.4) is 0 Å². The molecule has 9 nitrogen and oxygen atoms in total. The van der Waals surface area contributed by atoms with Crippen LogP contribution in [0.5, 0.6) is 17.2 Å². The monoisotopic (exact) mass is 593 g/mol. The Bertz CT molecular complexity index is 1260. The first kappa shape index (κ1) is 32.4. The minimum Gasteiger partial charge on any atom is -0.494 e. The Labute approximate surface area is 246 Å². The van der Waals surface area contributed by atoms with Crippen LogP contribution < -0.4 is 19.1 Å². The molecule has 0 aromatic heterocycles. The van der Waals surface area contributed by atoms with Crippen LogP contribution in [0, 0.1) is 5.82 Å². The summed E-state index contributed by atoms with van der Waals surface area (Å²) in [5, 5.41) is 9.76. The lowest BCUT2D eigenvalue weighted by molar-refractivity contribution is 0.0963. The van der Waals surface area contributed by atoms with Gasteiger partial charge in [-0.05, 0) is 43.0 Å². The standard InChI is InChI=1S/C30H41ClFN3O6/c1-8-40-24-16-20-17-35(29(33-31)25(20)26(32)28(24)41-9-2)18-23(37)19-14-21(30(3,4)5)27(39-7)22(15-19)34(10-12-36)11-13-38-6/h14-16,36H,8-13,17-18H2,1-7H3. The van der Waals surface area contributed by atoms with Crippen molar-refractivity contribution in [1.82, 2.24) is 4.90 Å². The van der Waals surface area contributed by atoms with E-state index in [9.17, 15) is 9.90 Å². The first-order valence-corrected chi connectivity index (χ1v) is 14.1. The van der Waals surface area contributed by atoms with Gasteiger partial charge in [0.15, 0.2) is 28.9 Å². The van der Waals surface area contributed by atoms with Gasteiger partial charge in [0, 0.05) is 49.6 Å². The average molecular weight is 594 g/mol. The fraction of sp³-hybridized carbons (Fsp3) is 0.533. The number of amidine groups is 1. The summed E-state index contributed by atoms with van der Waals surface area (Å²) >= 11 is 5.97. The number of hydrogen-bond acceptors (Lipinski definition) is 8. The number of nitrogens with zero attached hydrogens (tertiary/aromatic N) is 3. The van der Waals surface area contributed by atoms with Gasteiger partial charge in [0.2, 0.25) is 0 Å². The van der Waals surface area contributed by atoms with Crippen molar-refractivity contribution in [3.8, 4) is 17.2 Å². The van der Waals surface area contributed by atoms with Crippen LogP contribution in [0.25, 0.3) is 0 Å². The highest BCUT2D eigenvalue weighted by Crippen LogP contribution is 2.42. The Hall–Kier alpha value is -3.08. The van der Waals surface area contributed by atoms with Gasteiger partial charge in [-0.1, -0.05) is 20.8 Å².